The molecule has 0 aromatic heterocycles. The van der Waals surface area contributed by atoms with Crippen LogP contribution >= 0.6 is 12.2 Å². The van der Waals surface area contributed by atoms with Crippen molar-refractivity contribution in [2.75, 3.05) is 0 Å². The zero-order chi connectivity index (χ0) is 20.3. The lowest BCUT2D eigenvalue weighted by Gasteiger charge is -2.40. The number of rotatable bonds is 4. The van der Waals surface area contributed by atoms with Gasteiger partial charge in [0.1, 0.15) is 29.2 Å². The average molecular weight is 412 g/mol. The van der Waals surface area contributed by atoms with E-state index in [1.165, 1.54) is 48.5 Å². The van der Waals surface area contributed by atoms with Crippen LogP contribution in [-0.4, -0.2) is 46.2 Å². The minimum Gasteiger partial charge on any atom is -0.462 e. The van der Waals surface area contributed by atoms with Crippen LogP contribution in [0.4, 0.5) is 8.78 Å². The van der Waals surface area contributed by atoms with Crippen molar-refractivity contribution in [1.82, 2.24) is 0 Å². The average Bonchev–Trinajstić information content (AvgIpc) is 2.67. The summed E-state index contributed by atoms with van der Waals surface area (Å²) in [7, 11) is 0. The number of aliphatic hydroxyl groups excluding tert-OH is 2. The maximum atomic E-state index is 13.0. The van der Waals surface area contributed by atoms with E-state index in [2.05, 4.69) is 0 Å². The second kappa shape index (κ2) is 8.78. The predicted molar refractivity (Wildman–Crippen MR) is 97.9 cm³/mol. The van der Waals surface area contributed by atoms with Gasteiger partial charge < -0.3 is 29.2 Å². The van der Waals surface area contributed by atoms with Crippen molar-refractivity contribution in [2.45, 2.75) is 37.6 Å². The maximum Gasteiger partial charge on any atom is 0.358 e. The summed E-state index contributed by atoms with van der Waals surface area (Å²) in [6, 6.07) is 10.2. The quantitative estimate of drug-likeness (QED) is 0.748. The van der Waals surface area contributed by atoms with Crippen LogP contribution in [0.25, 0.3) is 0 Å². The standard InChI is InChI=1S/C19H18F2O6S/c1-10-15(22)17(27-19(28)26-14-8-4-12(21)5-9-14)16(23)18(24-10)25-13-6-2-11(20)3-7-13/h2-10,15-18,22-23H,1H3/t10-,15-,16+,17+,18+/m0/s1. The van der Waals surface area contributed by atoms with E-state index in [4.69, 9.17) is 31.2 Å². The van der Waals surface area contributed by atoms with Gasteiger partial charge in [-0.2, -0.15) is 0 Å². The molecule has 3 rings (SSSR count). The van der Waals surface area contributed by atoms with Gasteiger partial charge in [0, 0.05) is 12.2 Å². The molecule has 1 aliphatic heterocycles. The number of hydrogen-bond donors (Lipinski definition) is 2. The lowest BCUT2D eigenvalue weighted by atomic mass is 10.00. The zero-order valence-electron chi connectivity index (χ0n) is 14.7. The Balaban J connectivity index is 1.66. The molecule has 150 valence electrons. The largest absolute Gasteiger partial charge is 0.462 e. The normalized spacial score (nSPS) is 27.1. The number of benzene rings is 2. The molecule has 0 amide bonds. The molecule has 1 heterocycles. The summed E-state index contributed by atoms with van der Waals surface area (Å²) in [5.74, 6) is -0.387. The second-order valence-corrected chi connectivity index (χ2v) is 6.48. The first-order valence-corrected chi connectivity index (χ1v) is 8.82. The number of thiocarbonyl (C=S) groups is 1. The van der Waals surface area contributed by atoms with E-state index < -0.39 is 42.3 Å². The summed E-state index contributed by atoms with van der Waals surface area (Å²) in [4.78, 5) is 0. The summed E-state index contributed by atoms with van der Waals surface area (Å²) in [5.41, 5.74) is 0. The molecule has 5 atom stereocenters. The summed E-state index contributed by atoms with van der Waals surface area (Å²) in [6.45, 7) is 1.57. The molecule has 2 aromatic rings. The van der Waals surface area contributed by atoms with Crippen LogP contribution in [0.5, 0.6) is 11.5 Å². The minimum atomic E-state index is -1.42. The van der Waals surface area contributed by atoms with Gasteiger partial charge in [-0.25, -0.2) is 8.78 Å². The van der Waals surface area contributed by atoms with Crippen LogP contribution in [0, 0.1) is 11.6 Å². The highest BCUT2D eigenvalue weighted by atomic mass is 32.1. The molecule has 0 radical (unpaired) electrons. The molecule has 1 aliphatic rings. The molecule has 0 bridgehead atoms. The Bertz CT molecular complexity index is 801. The first-order valence-electron chi connectivity index (χ1n) is 8.41. The third-order valence-electron chi connectivity index (χ3n) is 4.09. The third kappa shape index (κ3) is 4.93. The number of aliphatic hydroxyl groups is 2. The van der Waals surface area contributed by atoms with Crippen molar-refractivity contribution in [3.63, 3.8) is 0 Å². The van der Waals surface area contributed by atoms with Gasteiger partial charge >= 0.3 is 5.24 Å². The van der Waals surface area contributed by atoms with Gasteiger partial charge in [0.2, 0.25) is 6.29 Å². The molecule has 1 saturated heterocycles. The summed E-state index contributed by atoms with van der Waals surface area (Å²) >= 11 is 4.99. The Kier molecular flexibility index (Phi) is 6.40. The number of halogens is 2. The van der Waals surface area contributed by atoms with Gasteiger partial charge in [0.05, 0.1) is 6.10 Å². The first-order chi connectivity index (χ1) is 13.3. The van der Waals surface area contributed by atoms with Gasteiger partial charge in [0.15, 0.2) is 12.2 Å². The Morgan fingerprint density at radius 3 is 2.04 bits per heavy atom. The molecule has 0 spiro atoms. The van der Waals surface area contributed by atoms with E-state index in [0.29, 0.717) is 0 Å². The Morgan fingerprint density at radius 2 is 1.46 bits per heavy atom. The fourth-order valence-electron chi connectivity index (χ4n) is 2.61. The fourth-order valence-corrected chi connectivity index (χ4v) is 2.82. The van der Waals surface area contributed by atoms with Crippen molar-refractivity contribution in [1.29, 1.82) is 0 Å². The topological polar surface area (TPSA) is 77.4 Å². The number of hydrogen-bond acceptors (Lipinski definition) is 7. The van der Waals surface area contributed by atoms with E-state index in [9.17, 15) is 19.0 Å². The van der Waals surface area contributed by atoms with Gasteiger partial charge in [-0.15, -0.1) is 0 Å². The predicted octanol–water partition coefficient (Wildman–Crippen LogP) is 2.56. The smallest absolute Gasteiger partial charge is 0.358 e. The van der Waals surface area contributed by atoms with Crippen LogP contribution in [0.2, 0.25) is 0 Å². The van der Waals surface area contributed by atoms with Gasteiger partial charge in [-0.1, -0.05) is 0 Å². The van der Waals surface area contributed by atoms with Crippen LogP contribution < -0.4 is 9.47 Å². The van der Waals surface area contributed by atoms with E-state index in [1.807, 2.05) is 0 Å². The van der Waals surface area contributed by atoms with Crippen molar-refractivity contribution < 1.29 is 37.9 Å². The van der Waals surface area contributed by atoms with Crippen LogP contribution in [-0.2, 0) is 9.47 Å². The molecule has 0 unspecified atom stereocenters. The summed E-state index contributed by atoms with van der Waals surface area (Å²) in [5, 5.41) is 20.4. The van der Waals surface area contributed by atoms with E-state index >= 15 is 0 Å². The van der Waals surface area contributed by atoms with Gasteiger partial charge in [-0.05, 0) is 55.5 Å². The SMILES string of the molecule is C[C@@H]1O[C@H](Oc2ccc(F)cc2)[C@H](O)[C@H](OC(=S)Oc2ccc(F)cc2)[C@H]1O. The molecule has 0 aliphatic carbocycles. The summed E-state index contributed by atoms with van der Waals surface area (Å²) < 4.78 is 47.6. The molecule has 1 fully saturated rings. The second-order valence-electron chi connectivity index (χ2n) is 6.15. The molecular formula is C19H18F2O6S. The molecule has 28 heavy (non-hydrogen) atoms. The number of ether oxygens (including phenoxy) is 4. The van der Waals surface area contributed by atoms with Crippen molar-refractivity contribution in [2.24, 2.45) is 0 Å². The van der Waals surface area contributed by atoms with Gasteiger partial charge in [-0.3, -0.25) is 0 Å². The highest BCUT2D eigenvalue weighted by molar-refractivity contribution is 7.79. The Morgan fingerprint density at radius 1 is 0.929 bits per heavy atom. The Labute approximate surface area is 165 Å². The highest BCUT2D eigenvalue weighted by Crippen LogP contribution is 2.27. The molecule has 6 nitrogen and oxygen atoms in total. The molecule has 0 saturated carbocycles. The van der Waals surface area contributed by atoms with Crippen LogP contribution in [0.1, 0.15) is 6.92 Å². The first kappa shape index (κ1) is 20.4. The monoisotopic (exact) mass is 412 g/mol. The third-order valence-corrected chi connectivity index (χ3v) is 4.27. The van der Waals surface area contributed by atoms with Gasteiger partial charge in [0.25, 0.3) is 0 Å². The maximum absolute atomic E-state index is 13.0. The minimum absolute atomic E-state index is 0.231. The van der Waals surface area contributed by atoms with Crippen LogP contribution in [0.15, 0.2) is 48.5 Å². The zero-order valence-corrected chi connectivity index (χ0v) is 15.5. The van der Waals surface area contributed by atoms with E-state index in [0.717, 1.165) is 0 Å². The fraction of sp³-hybridized carbons (Fsp3) is 0.316. The van der Waals surface area contributed by atoms with Crippen molar-refractivity contribution in [3.8, 4) is 11.5 Å². The van der Waals surface area contributed by atoms with E-state index in [-0.39, 0.29) is 16.7 Å². The molecule has 9 heteroatoms. The molecule has 2 aromatic carbocycles. The summed E-state index contributed by atoms with van der Waals surface area (Å²) in [6.07, 6.45) is -5.80. The molecular weight excluding hydrogens is 394 g/mol. The van der Waals surface area contributed by atoms with Crippen molar-refractivity contribution in [3.05, 3.63) is 60.2 Å². The Hall–Kier alpha value is -2.33. The van der Waals surface area contributed by atoms with Crippen molar-refractivity contribution >= 4 is 17.5 Å². The lowest BCUT2D eigenvalue weighted by molar-refractivity contribution is -0.266. The lowest BCUT2D eigenvalue weighted by Crippen LogP contribution is -2.59. The molecule has 2 N–H and O–H groups in total. The van der Waals surface area contributed by atoms with E-state index in [1.54, 1.807) is 6.92 Å². The highest BCUT2D eigenvalue weighted by Gasteiger charge is 2.46. The van der Waals surface area contributed by atoms with Crippen LogP contribution in [0.3, 0.4) is 0 Å².